The van der Waals surface area contributed by atoms with Crippen LogP contribution in [0.15, 0.2) is 30.5 Å². The quantitative estimate of drug-likeness (QED) is 0.868. The summed E-state index contributed by atoms with van der Waals surface area (Å²) in [5.41, 5.74) is 2.07. The van der Waals surface area contributed by atoms with Crippen molar-refractivity contribution in [3.05, 3.63) is 36.0 Å². The van der Waals surface area contributed by atoms with Crippen molar-refractivity contribution in [2.45, 2.75) is 26.3 Å². The van der Waals surface area contributed by atoms with Gasteiger partial charge in [-0.15, -0.1) is 0 Å². The summed E-state index contributed by atoms with van der Waals surface area (Å²) in [5, 5.41) is 4.02. The Bertz CT molecular complexity index is 747. The molecule has 3 rings (SSSR count). The molecule has 1 aromatic carbocycles. The fourth-order valence-electron chi connectivity index (χ4n) is 3.06. The van der Waals surface area contributed by atoms with Gasteiger partial charge in [0.25, 0.3) is 0 Å². The van der Waals surface area contributed by atoms with Crippen LogP contribution >= 0.6 is 0 Å². The zero-order chi connectivity index (χ0) is 17.8. The topological polar surface area (TPSA) is 74.4 Å². The van der Waals surface area contributed by atoms with E-state index >= 15 is 0 Å². The number of hydrogen-bond acceptors (Lipinski definition) is 3. The molecule has 134 valence electrons. The summed E-state index contributed by atoms with van der Waals surface area (Å²) in [7, 11) is 0. The van der Waals surface area contributed by atoms with Crippen LogP contribution in [0.25, 0.3) is 10.9 Å². The van der Waals surface area contributed by atoms with Gasteiger partial charge in [-0.3, -0.25) is 9.59 Å². The lowest BCUT2D eigenvalue weighted by Crippen LogP contribution is -2.53. The van der Waals surface area contributed by atoms with Crippen molar-refractivity contribution < 1.29 is 14.3 Å². The lowest BCUT2D eigenvalue weighted by Gasteiger charge is -2.31. The predicted molar refractivity (Wildman–Crippen MR) is 96.2 cm³/mol. The first-order valence-corrected chi connectivity index (χ1v) is 8.78. The Labute approximate surface area is 147 Å². The van der Waals surface area contributed by atoms with Crippen molar-refractivity contribution in [3.63, 3.8) is 0 Å². The van der Waals surface area contributed by atoms with Gasteiger partial charge in [-0.2, -0.15) is 0 Å². The van der Waals surface area contributed by atoms with Crippen molar-refractivity contribution in [1.29, 1.82) is 0 Å². The molecule has 1 aliphatic heterocycles. The van der Waals surface area contributed by atoms with Gasteiger partial charge in [0, 0.05) is 42.5 Å². The average Bonchev–Trinajstić information content (AvgIpc) is 3.04. The van der Waals surface area contributed by atoms with E-state index in [1.807, 2.05) is 44.3 Å². The van der Waals surface area contributed by atoms with E-state index in [-0.39, 0.29) is 17.7 Å². The second kappa shape index (κ2) is 7.70. The first-order valence-electron chi connectivity index (χ1n) is 8.78. The van der Waals surface area contributed by atoms with Gasteiger partial charge in [0.05, 0.1) is 13.2 Å². The van der Waals surface area contributed by atoms with Crippen molar-refractivity contribution in [2.75, 3.05) is 26.3 Å². The average molecular weight is 343 g/mol. The van der Waals surface area contributed by atoms with Gasteiger partial charge >= 0.3 is 0 Å². The van der Waals surface area contributed by atoms with E-state index in [1.54, 1.807) is 4.90 Å². The highest BCUT2D eigenvalue weighted by atomic mass is 16.5. The summed E-state index contributed by atoms with van der Waals surface area (Å²) in [4.78, 5) is 30.2. The highest BCUT2D eigenvalue weighted by Gasteiger charge is 2.28. The van der Waals surface area contributed by atoms with Crippen LogP contribution in [0, 0.1) is 5.92 Å². The normalized spacial score (nSPS) is 16.2. The number of morpholine rings is 1. The minimum Gasteiger partial charge on any atom is -0.378 e. The Hall–Kier alpha value is -2.34. The first kappa shape index (κ1) is 17.5. The van der Waals surface area contributed by atoms with Gasteiger partial charge in [0.1, 0.15) is 6.04 Å². The number of benzene rings is 1. The van der Waals surface area contributed by atoms with Gasteiger partial charge < -0.3 is 19.9 Å². The molecule has 0 saturated carbocycles. The number of aromatic nitrogens is 1. The highest BCUT2D eigenvalue weighted by Crippen LogP contribution is 2.20. The molecule has 0 unspecified atom stereocenters. The van der Waals surface area contributed by atoms with Crippen LogP contribution in [-0.2, 0) is 20.7 Å². The molecule has 1 aromatic heterocycles. The Morgan fingerprint density at radius 1 is 1.24 bits per heavy atom. The van der Waals surface area contributed by atoms with E-state index in [9.17, 15) is 9.59 Å². The lowest BCUT2D eigenvalue weighted by molar-refractivity contribution is -0.140. The van der Waals surface area contributed by atoms with E-state index in [0.717, 1.165) is 16.5 Å². The number of fused-ring (bicyclic) bond motifs is 1. The minimum atomic E-state index is -0.563. The number of amides is 2. The third-order valence-corrected chi connectivity index (χ3v) is 4.56. The number of hydrogen-bond donors (Lipinski definition) is 2. The van der Waals surface area contributed by atoms with Crippen molar-refractivity contribution in [3.8, 4) is 0 Å². The summed E-state index contributed by atoms with van der Waals surface area (Å²) >= 11 is 0. The molecule has 2 N–H and O–H groups in total. The molecule has 2 heterocycles. The molecule has 2 amide bonds. The van der Waals surface area contributed by atoms with Gasteiger partial charge in [0.15, 0.2) is 0 Å². The molecular formula is C19H25N3O3. The lowest BCUT2D eigenvalue weighted by atomic mass is 10.0. The number of aromatic amines is 1. The summed E-state index contributed by atoms with van der Waals surface area (Å²) in [6.07, 6.45) is 2.39. The molecule has 0 aliphatic carbocycles. The van der Waals surface area contributed by atoms with Gasteiger partial charge in [-0.05, 0) is 11.6 Å². The van der Waals surface area contributed by atoms with E-state index < -0.39 is 6.04 Å². The minimum absolute atomic E-state index is 0.0393. The van der Waals surface area contributed by atoms with Crippen LogP contribution < -0.4 is 5.32 Å². The summed E-state index contributed by atoms with van der Waals surface area (Å²) in [6, 6.07) is 7.42. The number of carbonyl (C=O) groups excluding carboxylic acids is 2. The Kier molecular flexibility index (Phi) is 5.38. The van der Waals surface area contributed by atoms with Crippen LogP contribution in [0.2, 0.25) is 0 Å². The molecule has 1 atom stereocenters. The van der Waals surface area contributed by atoms with Gasteiger partial charge in [-0.25, -0.2) is 0 Å². The molecule has 1 fully saturated rings. The summed E-state index contributed by atoms with van der Waals surface area (Å²) in [5.74, 6) is -0.308. The van der Waals surface area contributed by atoms with Crippen LogP contribution in [-0.4, -0.2) is 54.0 Å². The fourth-order valence-corrected chi connectivity index (χ4v) is 3.06. The zero-order valence-electron chi connectivity index (χ0n) is 14.7. The van der Waals surface area contributed by atoms with Crippen molar-refractivity contribution in [1.82, 2.24) is 15.2 Å². The van der Waals surface area contributed by atoms with Gasteiger partial charge in [0.2, 0.25) is 11.8 Å². The van der Waals surface area contributed by atoms with Crippen molar-refractivity contribution in [2.24, 2.45) is 5.92 Å². The van der Waals surface area contributed by atoms with Crippen LogP contribution in [0.3, 0.4) is 0 Å². The smallest absolute Gasteiger partial charge is 0.245 e. The molecule has 25 heavy (non-hydrogen) atoms. The molecule has 0 spiro atoms. The zero-order valence-corrected chi connectivity index (χ0v) is 14.7. The van der Waals surface area contributed by atoms with Crippen LogP contribution in [0.5, 0.6) is 0 Å². The van der Waals surface area contributed by atoms with E-state index in [2.05, 4.69) is 10.3 Å². The number of H-pyrrole nitrogens is 1. The van der Waals surface area contributed by atoms with Crippen LogP contribution in [0.4, 0.5) is 0 Å². The van der Waals surface area contributed by atoms with Crippen molar-refractivity contribution >= 4 is 22.7 Å². The number of nitrogens with one attached hydrogen (secondary N) is 2. The van der Waals surface area contributed by atoms with E-state index in [4.69, 9.17) is 4.74 Å². The second-order valence-electron chi connectivity index (χ2n) is 6.72. The molecule has 6 heteroatoms. The van der Waals surface area contributed by atoms with Gasteiger partial charge in [-0.1, -0.05) is 32.0 Å². The number of nitrogens with zero attached hydrogens (tertiary/aromatic N) is 1. The Morgan fingerprint density at radius 3 is 2.68 bits per heavy atom. The van der Waals surface area contributed by atoms with Crippen LogP contribution in [0.1, 0.15) is 19.4 Å². The molecule has 0 radical (unpaired) electrons. The van der Waals surface area contributed by atoms with E-state index in [0.29, 0.717) is 32.7 Å². The first-order chi connectivity index (χ1) is 12.1. The maximum Gasteiger partial charge on any atom is 0.245 e. The maximum atomic E-state index is 13.0. The molecule has 1 aliphatic rings. The fraction of sp³-hybridized carbons (Fsp3) is 0.474. The standard InChI is InChI=1S/C19H25N3O3/c1-13(2)18(23)21-17(19(24)22-7-9-25-10-8-22)11-14-12-20-16-6-4-3-5-15(14)16/h3-6,12-13,17,20H,7-11H2,1-2H3,(H,21,23)/t17-/m0/s1. The monoisotopic (exact) mass is 343 g/mol. The Morgan fingerprint density at radius 2 is 1.96 bits per heavy atom. The summed E-state index contributed by atoms with van der Waals surface area (Å²) < 4.78 is 5.33. The third kappa shape index (κ3) is 4.02. The second-order valence-corrected chi connectivity index (χ2v) is 6.72. The SMILES string of the molecule is CC(C)C(=O)N[C@@H](Cc1c[nH]c2ccccc12)C(=O)N1CCOCC1. The Balaban J connectivity index is 1.82. The maximum absolute atomic E-state index is 13.0. The molecule has 2 aromatic rings. The van der Waals surface area contributed by atoms with E-state index in [1.165, 1.54) is 0 Å². The molecular weight excluding hydrogens is 318 g/mol. The number of para-hydroxylation sites is 1. The third-order valence-electron chi connectivity index (χ3n) is 4.56. The largest absolute Gasteiger partial charge is 0.378 e. The molecule has 1 saturated heterocycles. The highest BCUT2D eigenvalue weighted by molar-refractivity contribution is 5.90. The molecule has 0 bridgehead atoms. The predicted octanol–water partition coefficient (Wildman–Crippen LogP) is 1.71. The number of ether oxygens (including phenoxy) is 1. The number of carbonyl (C=O) groups is 2. The number of rotatable bonds is 5. The summed E-state index contributed by atoms with van der Waals surface area (Å²) in [6.45, 7) is 5.89. The molecule has 6 nitrogen and oxygen atoms in total.